The van der Waals surface area contributed by atoms with Gasteiger partial charge in [-0.1, -0.05) is 54.4 Å². The largest absolute Gasteiger partial charge is 0.366 e. The summed E-state index contributed by atoms with van der Waals surface area (Å²) in [5.41, 5.74) is 3.40. The number of carbonyl (C=O) groups is 2. The number of aryl methyl sites for hydroxylation is 1. The summed E-state index contributed by atoms with van der Waals surface area (Å²) in [6.07, 6.45) is 2.03. The number of nitrogens with zero attached hydrogens (tertiary/aromatic N) is 2. The van der Waals surface area contributed by atoms with Gasteiger partial charge in [-0.05, 0) is 49.4 Å². The minimum Gasteiger partial charge on any atom is -0.366 e. The molecule has 2 aliphatic heterocycles. The Balaban J connectivity index is 1.81. The zero-order chi connectivity index (χ0) is 19.8. The number of likely N-dealkylation sites (tertiary alicyclic amines) is 1. The molecule has 0 aliphatic carbocycles. The first-order chi connectivity index (χ1) is 13.5. The molecule has 0 bridgehead atoms. The first-order valence-electron chi connectivity index (χ1n) is 9.66. The monoisotopic (exact) mass is 394 g/mol. The molecule has 2 aromatic rings. The van der Waals surface area contributed by atoms with E-state index in [1.165, 1.54) is 4.90 Å². The highest BCUT2D eigenvalue weighted by atomic mass is 35.5. The fourth-order valence-corrected chi connectivity index (χ4v) is 4.06. The van der Waals surface area contributed by atoms with Crippen LogP contribution < -0.4 is 4.90 Å². The molecule has 1 saturated heterocycles. The predicted molar refractivity (Wildman–Crippen MR) is 112 cm³/mol. The molecule has 28 heavy (non-hydrogen) atoms. The summed E-state index contributed by atoms with van der Waals surface area (Å²) in [4.78, 5) is 30.2. The highest BCUT2D eigenvalue weighted by Gasteiger charge is 2.42. The fraction of sp³-hybridized carbons (Fsp3) is 0.304. The van der Waals surface area contributed by atoms with Crippen LogP contribution in [0.5, 0.6) is 0 Å². The second-order valence-corrected chi connectivity index (χ2v) is 8.12. The topological polar surface area (TPSA) is 40.6 Å². The molecule has 2 aromatic carbocycles. The summed E-state index contributed by atoms with van der Waals surface area (Å²) in [5.74, 6) is 0.0815. The van der Waals surface area contributed by atoms with E-state index in [2.05, 4.69) is 11.8 Å². The van der Waals surface area contributed by atoms with E-state index in [1.54, 1.807) is 24.3 Å². The van der Waals surface area contributed by atoms with Gasteiger partial charge in [0.1, 0.15) is 5.70 Å². The molecule has 0 unspecified atom stereocenters. The Morgan fingerprint density at radius 3 is 2.29 bits per heavy atom. The van der Waals surface area contributed by atoms with Crippen LogP contribution in [0.1, 0.15) is 30.9 Å². The zero-order valence-corrected chi connectivity index (χ0v) is 16.9. The lowest BCUT2D eigenvalue weighted by molar-refractivity contribution is -0.120. The molecule has 0 saturated carbocycles. The molecule has 0 aromatic heterocycles. The van der Waals surface area contributed by atoms with Crippen LogP contribution in [0.25, 0.3) is 5.57 Å². The van der Waals surface area contributed by atoms with Crippen LogP contribution in [0.3, 0.4) is 0 Å². The Kier molecular flexibility index (Phi) is 4.98. The quantitative estimate of drug-likeness (QED) is 0.710. The number of piperidine rings is 1. The summed E-state index contributed by atoms with van der Waals surface area (Å²) < 4.78 is 0. The van der Waals surface area contributed by atoms with Gasteiger partial charge in [-0.15, -0.1) is 0 Å². The fourth-order valence-electron chi connectivity index (χ4n) is 3.87. The maximum atomic E-state index is 13.4. The van der Waals surface area contributed by atoms with Crippen molar-refractivity contribution in [3.05, 3.63) is 70.4 Å². The molecular weight excluding hydrogens is 372 g/mol. The molecule has 0 spiro atoms. The average molecular weight is 395 g/mol. The van der Waals surface area contributed by atoms with Gasteiger partial charge in [0.15, 0.2) is 0 Å². The number of amides is 2. The van der Waals surface area contributed by atoms with E-state index in [4.69, 9.17) is 11.6 Å². The smallest absolute Gasteiger partial charge is 0.282 e. The number of anilines is 1. The minimum absolute atomic E-state index is 0.266. The molecule has 1 fully saturated rings. The first-order valence-corrected chi connectivity index (χ1v) is 10.0. The molecule has 2 amide bonds. The third kappa shape index (κ3) is 3.33. The number of rotatable bonds is 3. The Hall–Kier alpha value is -2.59. The van der Waals surface area contributed by atoms with Crippen LogP contribution >= 0.6 is 11.6 Å². The molecule has 2 heterocycles. The van der Waals surface area contributed by atoms with Crippen LogP contribution in [0.4, 0.5) is 5.69 Å². The van der Waals surface area contributed by atoms with E-state index in [1.807, 2.05) is 31.2 Å². The van der Waals surface area contributed by atoms with Crippen molar-refractivity contribution in [1.82, 2.24) is 4.90 Å². The molecule has 0 radical (unpaired) electrons. The molecule has 5 heteroatoms. The number of benzene rings is 2. The van der Waals surface area contributed by atoms with Gasteiger partial charge in [-0.25, -0.2) is 4.90 Å². The molecule has 2 aliphatic rings. The van der Waals surface area contributed by atoms with Gasteiger partial charge in [0, 0.05) is 18.1 Å². The SMILES string of the molecule is Cc1ccc(C2=C(N3CCC(C)CC3)C(=O)N(c3cccc(Cl)c3)C2=O)cc1. The van der Waals surface area contributed by atoms with Gasteiger partial charge in [0.25, 0.3) is 11.8 Å². The Morgan fingerprint density at radius 1 is 0.964 bits per heavy atom. The van der Waals surface area contributed by atoms with Crippen molar-refractivity contribution in [2.24, 2.45) is 5.92 Å². The molecule has 0 atom stereocenters. The van der Waals surface area contributed by atoms with Crippen LogP contribution in [-0.4, -0.2) is 29.8 Å². The highest BCUT2D eigenvalue weighted by molar-refractivity contribution is 6.45. The summed E-state index contributed by atoms with van der Waals surface area (Å²) >= 11 is 6.12. The average Bonchev–Trinajstić information content (AvgIpc) is 2.93. The first kappa shape index (κ1) is 18.8. The van der Waals surface area contributed by atoms with Crippen LogP contribution in [0.2, 0.25) is 5.02 Å². The number of hydrogen-bond donors (Lipinski definition) is 0. The van der Waals surface area contributed by atoms with E-state index in [0.29, 0.717) is 27.9 Å². The molecule has 0 N–H and O–H groups in total. The van der Waals surface area contributed by atoms with Crippen LogP contribution in [0, 0.1) is 12.8 Å². The standard InChI is InChI=1S/C23H23ClN2O2/c1-15-6-8-17(9-7-15)20-21(25-12-10-16(2)11-13-25)23(28)26(22(20)27)19-5-3-4-18(24)14-19/h3-9,14,16H,10-13H2,1-2H3. The lowest BCUT2D eigenvalue weighted by atomic mass is 9.97. The molecule has 4 rings (SSSR count). The van der Waals surface area contributed by atoms with Crippen molar-refractivity contribution in [3.8, 4) is 0 Å². The van der Waals surface area contributed by atoms with E-state index >= 15 is 0 Å². The Morgan fingerprint density at radius 2 is 1.64 bits per heavy atom. The van der Waals surface area contributed by atoms with Gasteiger partial charge < -0.3 is 4.90 Å². The number of hydrogen-bond acceptors (Lipinski definition) is 3. The van der Waals surface area contributed by atoms with Crippen molar-refractivity contribution >= 4 is 34.7 Å². The number of carbonyl (C=O) groups excluding carboxylic acids is 2. The lowest BCUT2D eigenvalue weighted by Gasteiger charge is -2.32. The van der Waals surface area contributed by atoms with Gasteiger partial charge in [-0.2, -0.15) is 0 Å². The van der Waals surface area contributed by atoms with Crippen molar-refractivity contribution in [2.75, 3.05) is 18.0 Å². The highest BCUT2D eigenvalue weighted by Crippen LogP contribution is 2.37. The summed E-state index contributed by atoms with van der Waals surface area (Å²) in [6.45, 7) is 5.81. The zero-order valence-electron chi connectivity index (χ0n) is 16.1. The Bertz CT molecular complexity index is 957. The summed E-state index contributed by atoms with van der Waals surface area (Å²) in [5, 5.41) is 0.496. The second-order valence-electron chi connectivity index (χ2n) is 7.68. The number of imide groups is 1. The maximum Gasteiger partial charge on any atom is 0.282 e. The molecular formula is C23H23ClN2O2. The van der Waals surface area contributed by atoms with Crippen LogP contribution in [0.15, 0.2) is 54.2 Å². The van der Waals surface area contributed by atoms with Gasteiger partial charge in [0.2, 0.25) is 0 Å². The van der Waals surface area contributed by atoms with E-state index in [-0.39, 0.29) is 11.8 Å². The minimum atomic E-state index is -0.287. The van der Waals surface area contributed by atoms with Gasteiger partial charge in [-0.3, -0.25) is 9.59 Å². The summed E-state index contributed by atoms with van der Waals surface area (Å²) in [7, 11) is 0. The predicted octanol–water partition coefficient (Wildman–Crippen LogP) is 4.66. The second kappa shape index (κ2) is 7.44. The Labute approximate surface area is 170 Å². The number of halogens is 1. The lowest BCUT2D eigenvalue weighted by Crippen LogP contribution is -2.38. The van der Waals surface area contributed by atoms with E-state index < -0.39 is 0 Å². The van der Waals surface area contributed by atoms with E-state index in [0.717, 1.165) is 37.1 Å². The van der Waals surface area contributed by atoms with Crippen molar-refractivity contribution in [1.29, 1.82) is 0 Å². The third-order valence-corrected chi connectivity index (χ3v) is 5.80. The molecule has 144 valence electrons. The van der Waals surface area contributed by atoms with Gasteiger partial charge >= 0.3 is 0 Å². The third-order valence-electron chi connectivity index (χ3n) is 5.57. The van der Waals surface area contributed by atoms with Crippen molar-refractivity contribution in [2.45, 2.75) is 26.7 Å². The maximum absolute atomic E-state index is 13.4. The molecule has 4 nitrogen and oxygen atoms in total. The van der Waals surface area contributed by atoms with Gasteiger partial charge in [0.05, 0.1) is 11.3 Å². The normalized spacial score (nSPS) is 18.4. The van der Waals surface area contributed by atoms with E-state index in [9.17, 15) is 9.59 Å². The summed E-state index contributed by atoms with van der Waals surface area (Å²) in [6, 6.07) is 14.7. The van der Waals surface area contributed by atoms with Crippen molar-refractivity contribution < 1.29 is 9.59 Å². The van der Waals surface area contributed by atoms with Crippen LogP contribution in [-0.2, 0) is 9.59 Å². The van der Waals surface area contributed by atoms with Crippen molar-refractivity contribution in [3.63, 3.8) is 0 Å².